The zero-order valence-electron chi connectivity index (χ0n) is 22.9. The van der Waals surface area contributed by atoms with E-state index in [-0.39, 0.29) is 46.6 Å². The average molecular weight is 533 g/mol. The van der Waals surface area contributed by atoms with Crippen LogP contribution in [0.1, 0.15) is 53.7 Å². The van der Waals surface area contributed by atoms with E-state index >= 15 is 0 Å². The van der Waals surface area contributed by atoms with Gasteiger partial charge in [0.1, 0.15) is 23.0 Å². The van der Waals surface area contributed by atoms with Crippen LogP contribution >= 0.6 is 0 Å². The summed E-state index contributed by atoms with van der Waals surface area (Å²) in [5, 5.41) is 22.2. The number of carboxylic acid groups (broad SMARTS) is 1. The molecule has 6 heteroatoms. The monoisotopic (exact) mass is 532 g/mol. The van der Waals surface area contributed by atoms with Crippen LogP contribution in [-0.2, 0) is 19.3 Å². The maximum atomic E-state index is 11.5. The molecule has 39 heavy (non-hydrogen) atoms. The van der Waals surface area contributed by atoms with Gasteiger partial charge < -0.3 is 24.5 Å². The Hall–Kier alpha value is -3.25. The van der Waals surface area contributed by atoms with Gasteiger partial charge in [-0.25, -0.2) is 0 Å². The molecule has 0 radical (unpaired) electrons. The summed E-state index contributed by atoms with van der Waals surface area (Å²) in [5.74, 6) is 0.579. The number of carbonyl (C=O) groups excluding carboxylic acids is 1. The van der Waals surface area contributed by atoms with E-state index in [0.29, 0.717) is 18.1 Å². The predicted octanol–water partition coefficient (Wildman–Crippen LogP) is 3.75. The van der Waals surface area contributed by atoms with E-state index in [4.69, 9.17) is 9.47 Å². The van der Waals surface area contributed by atoms with Crippen LogP contribution in [0.2, 0.25) is 0 Å². The minimum Gasteiger partial charge on any atom is -0.545 e. The van der Waals surface area contributed by atoms with Gasteiger partial charge in [0.15, 0.2) is 0 Å². The van der Waals surface area contributed by atoms with Gasteiger partial charge in [-0.05, 0) is 72.2 Å². The summed E-state index contributed by atoms with van der Waals surface area (Å²) >= 11 is 0. The molecule has 4 aromatic rings. The van der Waals surface area contributed by atoms with Crippen LogP contribution in [0.15, 0.2) is 84.9 Å². The van der Waals surface area contributed by atoms with Crippen molar-refractivity contribution in [2.24, 2.45) is 0 Å². The number of para-hydroxylation sites is 1. The SMILES string of the molecule is CCCc1c(CCCOc2cc(O)c(-c3ccccc3)cc2CC)cccc1Oc1ccccc1C(=O)[O-].[Na+]. The minimum absolute atomic E-state index is 0. The molecular formula is C33H33NaO5. The van der Waals surface area contributed by atoms with Crippen LogP contribution in [0.3, 0.4) is 0 Å². The normalized spacial score (nSPS) is 10.5. The number of aromatic carboxylic acids is 1. The standard InChI is InChI=1S/C33H34O5.Na/c1-3-12-26-24(15-10-19-30(26)38-31-18-9-8-17-27(31)33(35)36)16-11-20-37-32-22-29(34)28(21-23(32)4-2)25-13-6-5-7-14-25;/h5-10,13-15,17-19,21-22,34H,3-4,11-12,16,20H2,1-2H3,(H,35,36);/q;+1/p-1. The Morgan fingerprint density at radius 2 is 1.54 bits per heavy atom. The van der Waals surface area contributed by atoms with Crippen LogP contribution in [0, 0.1) is 0 Å². The quantitative estimate of drug-likeness (QED) is 0.222. The molecule has 1 N–H and O–H groups in total. The van der Waals surface area contributed by atoms with E-state index in [0.717, 1.165) is 59.9 Å². The first-order chi connectivity index (χ1) is 18.5. The van der Waals surface area contributed by atoms with Crippen LogP contribution in [0.4, 0.5) is 0 Å². The Morgan fingerprint density at radius 1 is 0.821 bits per heavy atom. The van der Waals surface area contributed by atoms with Crippen LogP contribution in [0.5, 0.6) is 23.0 Å². The molecule has 0 aromatic heterocycles. The number of rotatable bonds is 12. The fourth-order valence-electron chi connectivity index (χ4n) is 4.64. The van der Waals surface area contributed by atoms with Crippen molar-refractivity contribution in [2.75, 3.05) is 6.61 Å². The summed E-state index contributed by atoms with van der Waals surface area (Å²) in [6.45, 7) is 4.69. The second-order valence-electron chi connectivity index (χ2n) is 9.18. The molecule has 0 atom stereocenters. The molecule has 0 aliphatic heterocycles. The number of benzene rings is 4. The summed E-state index contributed by atoms with van der Waals surface area (Å²) in [6, 6.07) is 26.0. The number of carboxylic acids is 1. The molecule has 0 saturated heterocycles. The molecule has 0 unspecified atom stereocenters. The van der Waals surface area contributed by atoms with Crippen molar-refractivity contribution < 1.29 is 54.0 Å². The van der Waals surface area contributed by atoms with Crippen molar-refractivity contribution in [1.29, 1.82) is 0 Å². The third-order valence-corrected chi connectivity index (χ3v) is 6.55. The number of ether oxygens (including phenoxy) is 2. The van der Waals surface area contributed by atoms with E-state index in [2.05, 4.69) is 19.9 Å². The number of aromatic hydroxyl groups is 1. The van der Waals surface area contributed by atoms with Crippen molar-refractivity contribution in [3.63, 3.8) is 0 Å². The van der Waals surface area contributed by atoms with Gasteiger partial charge in [0.25, 0.3) is 0 Å². The van der Waals surface area contributed by atoms with E-state index in [1.54, 1.807) is 24.3 Å². The van der Waals surface area contributed by atoms with Crippen LogP contribution in [-0.4, -0.2) is 17.7 Å². The molecule has 0 aliphatic rings. The smallest absolute Gasteiger partial charge is 0.545 e. The van der Waals surface area contributed by atoms with Crippen molar-refractivity contribution in [1.82, 2.24) is 0 Å². The third-order valence-electron chi connectivity index (χ3n) is 6.55. The van der Waals surface area contributed by atoms with Gasteiger partial charge in [-0.1, -0.05) is 74.9 Å². The van der Waals surface area contributed by atoms with Gasteiger partial charge in [-0.3, -0.25) is 0 Å². The third kappa shape index (κ3) is 7.66. The Labute approximate surface area is 252 Å². The molecule has 196 valence electrons. The molecule has 5 nitrogen and oxygen atoms in total. The Balaban J connectivity index is 0.00000420. The zero-order valence-corrected chi connectivity index (χ0v) is 24.9. The van der Waals surface area contributed by atoms with Gasteiger partial charge in [-0.15, -0.1) is 0 Å². The largest absolute Gasteiger partial charge is 1.00 e. The molecule has 0 fully saturated rings. The predicted molar refractivity (Wildman–Crippen MR) is 148 cm³/mol. The summed E-state index contributed by atoms with van der Waals surface area (Å²) < 4.78 is 12.2. The number of phenolic OH excluding ortho intramolecular Hbond substituents is 1. The van der Waals surface area contributed by atoms with Crippen molar-refractivity contribution >= 4 is 5.97 Å². The summed E-state index contributed by atoms with van der Waals surface area (Å²) in [7, 11) is 0. The minimum atomic E-state index is -1.26. The number of aryl methyl sites for hydroxylation is 2. The van der Waals surface area contributed by atoms with Gasteiger partial charge >= 0.3 is 29.6 Å². The Morgan fingerprint density at radius 3 is 2.26 bits per heavy atom. The fraction of sp³-hybridized carbons (Fsp3) is 0.242. The molecule has 4 aromatic carbocycles. The van der Waals surface area contributed by atoms with Crippen molar-refractivity contribution in [2.45, 2.75) is 46.0 Å². The van der Waals surface area contributed by atoms with E-state index in [9.17, 15) is 15.0 Å². The average Bonchev–Trinajstić information content (AvgIpc) is 2.93. The second kappa shape index (κ2) is 14.8. The Kier molecular flexibility index (Phi) is 11.5. The number of hydrogen-bond donors (Lipinski definition) is 1. The number of phenols is 1. The van der Waals surface area contributed by atoms with Gasteiger partial charge in [0.2, 0.25) is 0 Å². The number of carbonyl (C=O) groups is 1. The molecule has 0 amide bonds. The van der Waals surface area contributed by atoms with Gasteiger partial charge in [0.05, 0.1) is 12.6 Å². The molecule has 4 rings (SSSR count). The molecule has 0 aliphatic carbocycles. The van der Waals surface area contributed by atoms with Crippen LogP contribution in [0.25, 0.3) is 11.1 Å². The van der Waals surface area contributed by atoms with Gasteiger partial charge in [0, 0.05) is 17.2 Å². The maximum absolute atomic E-state index is 11.5. The first-order valence-corrected chi connectivity index (χ1v) is 13.1. The fourth-order valence-corrected chi connectivity index (χ4v) is 4.64. The molecular weight excluding hydrogens is 499 g/mol. The topological polar surface area (TPSA) is 78.8 Å². The van der Waals surface area contributed by atoms with E-state index in [1.165, 1.54) is 6.07 Å². The van der Waals surface area contributed by atoms with Crippen LogP contribution < -0.4 is 44.1 Å². The first-order valence-electron chi connectivity index (χ1n) is 13.1. The first kappa shape index (κ1) is 30.3. The Bertz CT molecular complexity index is 1380. The summed E-state index contributed by atoms with van der Waals surface area (Å²) in [4.78, 5) is 11.5. The van der Waals surface area contributed by atoms with Crippen molar-refractivity contribution in [3.8, 4) is 34.1 Å². The second-order valence-corrected chi connectivity index (χ2v) is 9.18. The van der Waals surface area contributed by atoms with E-state index < -0.39 is 5.97 Å². The molecule has 0 heterocycles. The van der Waals surface area contributed by atoms with E-state index in [1.807, 2.05) is 48.5 Å². The summed E-state index contributed by atoms with van der Waals surface area (Å²) in [5.41, 5.74) is 5.08. The number of hydrogen-bond acceptors (Lipinski definition) is 5. The molecule has 0 bridgehead atoms. The molecule has 0 spiro atoms. The molecule has 0 saturated carbocycles. The van der Waals surface area contributed by atoms with Crippen molar-refractivity contribution in [3.05, 3.63) is 107 Å². The zero-order chi connectivity index (χ0) is 26.9. The maximum Gasteiger partial charge on any atom is 1.00 e. The summed E-state index contributed by atoms with van der Waals surface area (Å²) in [6.07, 6.45) is 4.10. The van der Waals surface area contributed by atoms with Gasteiger partial charge in [-0.2, -0.15) is 0 Å².